The average molecular weight is 294 g/mol. The quantitative estimate of drug-likeness (QED) is 0.695. The summed E-state index contributed by atoms with van der Waals surface area (Å²) in [5.74, 6) is 0.314. The van der Waals surface area contributed by atoms with Crippen LogP contribution in [0.5, 0.6) is 5.75 Å². The second kappa shape index (κ2) is 5.81. The van der Waals surface area contributed by atoms with Crippen LogP contribution in [-0.2, 0) is 4.74 Å². The number of hydrogen-bond donors (Lipinski definition) is 0. The van der Waals surface area contributed by atoms with E-state index < -0.39 is 5.97 Å². The number of benzene rings is 1. The van der Waals surface area contributed by atoms with E-state index in [-0.39, 0.29) is 5.69 Å². The van der Waals surface area contributed by atoms with Gasteiger partial charge in [-0.05, 0) is 35.9 Å². The monoisotopic (exact) mass is 294 g/mol. The van der Waals surface area contributed by atoms with Crippen molar-refractivity contribution >= 4 is 16.9 Å². The topological polar surface area (TPSA) is 61.3 Å². The summed E-state index contributed by atoms with van der Waals surface area (Å²) in [6.45, 7) is 0. The molecule has 1 aromatic carbocycles. The first-order valence-corrected chi connectivity index (χ1v) is 6.70. The minimum Gasteiger partial charge on any atom is -0.497 e. The van der Waals surface area contributed by atoms with E-state index in [9.17, 15) is 4.79 Å². The number of methoxy groups -OCH3 is 2. The molecule has 0 aliphatic carbocycles. The predicted molar refractivity (Wildman–Crippen MR) is 82.9 cm³/mol. The lowest BCUT2D eigenvalue weighted by Gasteiger charge is -2.08. The molecular weight excluding hydrogens is 280 g/mol. The maximum absolute atomic E-state index is 11.4. The highest BCUT2D eigenvalue weighted by molar-refractivity contribution is 5.95. The number of carbonyl (C=O) groups excluding carboxylic acids is 1. The number of aromatic nitrogens is 2. The van der Waals surface area contributed by atoms with E-state index >= 15 is 0 Å². The summed E-state index contributed by atoms with van der Waals surface area (Å²) in [5, 5.41) is 0.967. The minimum absolute atomic E-state index is 0.280. The summed E-state index contributed by atoms with van der Waals surface area (Å²) in [4.78, 5) is 19.9. The highest BCUT2D eigenvalue weighted by Gasteiger charge is 2.09. The fourth-order valence-corrected chi connectivity index (χ4v) is 2.28. The molecule has 110 valence electrons. The molecular formula is C17H14N2O3. The van der Waals surface area contributed by atoms with Gasteiger partial charge in [0.05, 0.1) is 19.7 Å². The predicted octanol–water partition coefficient (Wildman–Crippen LogP) is 3.09. The molecule has 2 heterocycles. The molecule has 0 spiro atoms. The third-order valence-corrected chi connectivity index (χ3v) is 3.42. The summed E-state index contributed by atoms with van der Waals surface area (Å²) >= 11 is 0. The summed E-state index contributed by atoms with van der Waals surface area (Å²) in [7, 11) is 2.96. The Morgan fingerprint density at radius 1 is 1.05 bits per heavy atom. The first-order chi connectivity index (χ1) is 10.7. The van der Waals surface area contributed by atoms with Crippen molar-refractivity contribution < 1.29 is 14.3 Å². The smallest absolute Gasteiger partial charge is 0.356 e. The van der Waals surface area contributed by atoms with Gasteiger partial charge in [0.15, 0.2) is 0 Å². The summed E-state index contributed by atoms with van der Waals surface area (Å²) < 4.78 is 9.93. The lowest BCUT2D eigenvalue weighted by atomic mass is 10.0. The third kappa shape index (κ3) is 2.48. The van der Waals surface area contributed by atoms with Crippen LogP contribution in [0, 0.1) is 0 Å². The van der Waals surface area contributed by atoms with Gasteiger partial charge >= 0.3 is 5.97 Å². The van der Waals surface area contributed by atoms with Crippen molar-refractivity contribution in [2.75, 3.05) is 14.2 Å². The van der Waals surface area contributed by atoms with Gasteiger partial charge in [0.1, 0.15) is 11.4 Å². The molecule has 0 aliphatic rings. The second-order valence-electron chi connectivity index (χ2n) is 4.67. The van der Waals surface area contributed by atoms with Crippen molar-refractivity contribution in [3.8, 4) is 16.9 Å². The fourth-order valence-electron chi connectivity index (χ4n) is 2.28. The van der Waals surface area contributed by atoms with Crippen molar-refractivity contribution in [3.63, 3.8) is 0 Å². The molecule has 0 unspecified atom stereocenters. The van der Waals surface area contributed by atoms with Crippen LogP contribution in [0.25, 0.3) is 22.0 Å². The zero-order chi connectivity index (χ0) is 15.5. The van der Waals surface area contributed by atoms with E-state index in [0.29, 0.717) is 0 Å². The Labute approximate surface area is 127 Å². The number of rotatable bonds is 3. The van der Waals surface area contributed by atoms with Gasteiger partial charge in [-0.15, -0.1) is 0 Å². The first kappa shape index (κ1) is 14.0. The molecule has 0 radical (unpaired) electrons. The lowest BCUT2D eigenvalue weighted by Crippen LogP contribution is -2.03. The lowest BCUT2D eigenvalue weighted by molar-refractivity contribution is 0.0594. The van der Waals surface area contributed by atoms with Crippen LogP contribution in [-0.4, -0.2) is 30.2 Å². The van der Waals surface area contributed by atoms with Crippen LogP contribution in [0.1, 0.15) is 10.5 Å². The zero-order valence-electron chi connectivity index (χ0n) is 12.2. The third-order valence-electron chi connectivity index (χ3n) is 3.42. The Balaban J connectivity index is 2.11. The van der Waals surface area contributed by atoms with Crippen molar-refractivity contribution in [2.45, 2.75) is 0 Å². The molecule has 0 saturated heterocycles. The van der Waals surface area contributed by atoms with Crippen molar-refractivity contribution in [1.82, 2.24) is 9.97 Å². The van der Waals surface area contributed by atoms with Gasteiger partial charge < -0.3 is 9.47 Å². The Morgan fingerprint density at radius 2 is 1.91 bits per heavy atom. The molecule has 3 aromatic rings. The van der Waals surface area contributed by atoms with E-state index in [2.05, 4.69) is 14.7 Å². The number of carbonyl (C=O) groups is 1. The van der Waals surface area contributed by atoms with Gasteiger partial charge in [0.2, 0.25) is 0 Å². The number of fused-ring (bicyclic) bond motifs is 1. The maximum atomic E-state index is 11.4. The molecule has 0 bridgehead atoms. The van der Waals surface area contributed by atoms with Crippen LogP contribution >= 0.6 is 0 Å². The van der Waals surface area contributed by atoms with Gasteiger partial charge in [-0.25, -0.2) is 9.78 Å². The highest BCUT2D eigenvalue weighted by Crippen LogP contribution is 2.29. The van der Waals surface area contributed by atoms with Gasteiger partial charge in [0, 0.05) is 23.3 Å². The number of esters is 1. The van der Waals surface area contributed by atoms with E-state index in [1.807, 2.05) is 30.3 Å². The Hall–Kier alpha value is -2.95. The number of hydrogen-bond acceptors (Lipinski definition) is 5. The standard InChI is InChI=1S/C17H14N2O3/c1-21-12-4-6-15-14(9-12)13(7-8-18-15)11-3-5-16(19-10-11)17(20)22-2/h3-10H,1-2H3. The van der Waals surface area contributed by atoms with Crippen molar-refractivity contribution in [3.05, 3.63) is 54.5 Å². The molecule has 3 rings (SSSR count). The molecule has 5 heteroatoms. The van der Waals surface area contributed by atoms with Crippen LogP contribution in [0.2, 0.25) is 0 Å². The molecule has 0 atom stereocenters. The molecule has 0 N–H and O–H groups in total. The zero-order valence-corrected chi connectivity index (χ0v) is 12.2. The summed E-state index contributed by atoms with van der Waals surface area (Å²) in [6.07, 6.45) is 3.40. The van der Waals surface area contributed by atoms with Crippen LogP contribution < -0.4 is 4.74 Å². The second-order valence-corrected chi connectivity index (χ2v) is 4.67. The Kier molecular flexibility index (Phi) is 3.70. The summed E-state index contributed by atoms with van der Waals surface area (Å²) in [6, 6.07) is 11.1. The van der Waals surface area contributed by atoms with Gasteiger partial charge in [0.25, 0.3) is 0 Å². The molecule has 0 saturated carbocycles. The molecule has 2 aromatic heterocycles. The van der Waals surface area contributed by atoms with Crippen LogP contribution in [0.4, 0.5) is 0 Å². The Bertz CT molecular complexity index is 829. The van der Waals surface area contributed by atoms with Crippen LogP contribution in [0.3, 0.4) is 0 Å². The first-order valence-electron chi connectivity index (χ1n) is 6.70. The highest BCUT2D eigenvalue weighted by atomic mass is 16.5. The van der Waals surface area contributed by atoms with Gasteiger partial charge in [-0.3, -0.25) is 4.98 Å². The summed E-state index contributed by atoms with van der Waals surface area (Å²) in [5.41, 5.74) is 3.03. The van der Waals surface area contributed by atoms with Crippen molar-refractivity contribution in [2.24, 2.45) is 0 Å². The molecule has 22 heavy (non-hydrogen) atoms. The number of nitrogens with zero attached hydrogens (tertiary/aromatic N) is 2. The molecule has 0 amide bonds. The molecule has 5 nitrogen and oxygen atoms in total. The largest absolute Gasteiger partial charge is 0.497 e. The number of pyridine rings is 2. The normalized spacial score (nSPS) is 10.5. The molecule has 0 fully saturated rings. The SMILES string of the molecule is COC(=O)c1ccc(-c2ccnc3ccc(OC)cc23)cn1. The van der Waals surface area contributed by atoms with E-state index in [0.717, 1.165) is 27.8 Å². The average Bonchev–Trinajstić information content (AvgIpc) is 2.60. The van der Waals surface area contributed by atoms with Gasteiger partial charge in [-0.1, -0.05) is 6.07 Å². The van der Waals surface area contributed by atoms with Crippen molar-refractivity contribution in [1.29, 1.82) is 0 Å². The molecule has 0 aliphatic heterocycles. The minimum atomic E-state index is -0.451. The van der Waals surface area contributed by atoms with E-state index in [4.69, 9.17) is 4.74 Å². The van der Waals surface area contributed by atoms with E-state index in [1.165, 1.54) is 7.11 Å². The fraction of sp³-hybridized carbons (Fsp3) is 0.118. The maximum Gasteiger partial charge on any atom is 0.356 e. The Morgan fingerprint density at radius 3 is 2.59 bits per heavy atom. The van der Waals surface area contributed by atoms with E-state index in [1.54, 1.807) is 25.6 Å². The van der Waals surface area contributed by atoms with Gasteiger partial charge in [-0.2, -0.15) is 0 Å². The van der Waals surface area contributed by atoms with Crippen LogP contribution in [0.15, 0.2) is 48.8 Å². The number of ether oxygens (including phenoxy) is 2.